The molecule has 0 spiro atoms. The number of hydrogen-bond acceptors (Lipinski definition) is 4. The summed E-state index contributed by atoms with van der Waals surface area (Å²) >= 11 is 0. The highest BCUT2D eigenvalue weighted by Gasteiger charge is 2.28. The Morgan fingerprint density at radius 2 is 1.65 bits per heavy atom. The van der Waals surface area contributed by atoms with Crippen molar-refractivity contribution in [3.05, 3.63) is 28.8 Å². The SMILES string of the molecule is Cc1cc(C(=O)N2CCN(C3CCCCC3)CC2)cc(S(N)(=O)=O)c1C. The van der Waals surface area contributed by atoms with E-state index < -0.39 is 10.0 Å². The Labute approximate surface area is 156 Å². The quantitative estimate of drug-likeness (QED) is 0.871. The normalized spacial score (nSPS) is 20.3. The first kappa shape index (κ1) is 19.3. The number of nitrogens with zero attached hydrogens (tertiary/aromatic N) is 2. The van der Waals surface area contributed by atoms with Crippen molar-refractivity contribution in [2.24, 2.45) is 5.14 Å². The molecule has 1 saturated heterocycles. The van der Waals surface area contributed by atoms with Gasteiger partial charge in [0.15, 0.2) is 0 Å². The van der Waals surface area contributed by atoms with Crippen molar-refractivity contribution in [3.63, 3.8) is 0 Å². The lowest BCUT2D eigenvalue weighted by atomic mass is 9.94. The Hall–Kier alpha value is -1.44. The largest absolute Gasteiger partial charge is 0.336 e. The van der Waals surface area contributed by atoms with E-state index in [0.717, 1.165) is 18.7 Å². The van der Waals surface area contributed by atoms with Crippen LogP contribution in [0, 0.1) is 13.8 Å². The summed E-state index contributed by atoms with van der Waals surface area (Å²) in [5.74, 6) is -0.110. The highest BCUT2D eigenvalue weighted by molar-refractivity contribution is 7.89. The van der Waals surface area contributed by atoms with Crippen LogP contribution in [0.15, 0.2) is 17.0 Å². The summed E-state index contributed by atoms with van der Waals surface area (Å²) in [6, 6.07) is 3.85. The van der Waals surface area contributed by atoms with Gasteiger partial charge in [-0.2, -0.15) is 0 Å². The van der Waals surface area contributed by atoms with Crippen LogP contribution in [0.2, 0.25) is 0 Å². The van der Waals surface area contributed by atoms with Gasteiger partial charge in [-0.05, 0) is 49.9 Å². The molecule has 1 aliphatic heterocycles. The molecule has 1 amide bonds. The first-order valence-electron chi connectivity index (χ1n) is 9.45. The van der Waals surface area contributed by atoms with Gasteiger partial charge < -0.3 is 4.90 Å². The number of carbonyl (C=O) groups is 1. The van der Waals surface area contributed by atoms with E-state index in [9.17, 15) is 13.2 Å². The van der Waals surface area contributed by atoms with Gasteiger partial charge in [-0.15, -0.1) is 0 Å². The van der Waals surface area contributed by atoms with E-state index in [1.165, 1.54) is 38.2 Å². The Morgan fingerprint density at radius 3 is 2.23 bits per heavy atom. The van der Waals surface area contributed by atoms with Crippen LogP contribution in [0.25, 0.3) is 0 Å². The predicted molar refractivity (Wildman–Crippen MR) is 102 cm³/mol. The molecule has 0 bridgehead atoms. The standard InChI is InChI=1S/C19H29N3O3S/c1-14-12-16(13-18(15(14)2)26(20,24)25)19(23)22-10-8-21(9-11-22)17-6-4-3-5-7-17/h12-13,17H,3-11H2,1-2H3,(H2,20,24,25). The highest BCUT2D eigenvalue weighted by Crippen LogP contribution is 2.25. The highest BCUT2D eigenvalue weighted by atomic mass is 32.2. The van der Waals surface area contributed by atoms with Crippen molar-refractivity contribution in [2.45, 2.75) is 56.9 Å². The average Bonchev–Trinajstić information content (AvgIpc) is 2.63. The van der Waals surface area contributed by atoms with Crippen molar-refractivity contribution in [3.8, 4) is 0 Å². The fourth-order valence-corrected chi connectivity index (χ4v) is 5.04. The molecule has 7 heteroatoms. The molecular formula is C19H29N3O3S. The first-order chi connectivity index (χ1) is 12.3. The third kappa shape index (κ3) is 4.10. The fraction of sp³-hybridized carbons (Fsp3) is 0.632. The summed E-state index contributed by atoms with van der Waals surface area (Å²) in [7, 11) is -3.85. The van der Waals surface area contributed by atoms with E-state index in [2.05, 4.69) is 4.90 Å². The number of sulfonamides is 1. The molecule has 6 nitrogen and oxygen atoms in total. The number of benzene rings is 1. The van der Waals surface area contributed by atoms with Gasteiger partial charge in [-0.3, -0.25) is 9.69 Å². The smallest absolute Gasteiger partial charge is 0.253 e. The maximum atomic E-state index is 12.9. The summed E-state index contributed by atoms with van der Waals surface area (Å²) < 4.78 is 23.6. The average molecular weight is 380 g/mol. The topological polar surface area (TPSA) is 83.7 Å². The Balaban J connectivity index is 1.71. The second-order valence-corrected chi connectivity index (χ2v) is 9.11. The molecule has 0 aromatic heterocycles. The lowest BCUT2D eigenvalue weighted by molar-refractivity contribution is 0.0523. The van der Waals surface area contributed by atoms with Gasteiger partial charge in [0.1, 0.15) is 0 Å². The summed E-state index contributed by atoms with van der Waals surface area (Å²) in [6.07, 6.45) is 6.49. The van der Waals surface area contributed by atoms with Crippen molar-refractivity contribution in [1.82, 2.24) is 9.80 Å². The summed E-state index contributed by atoms with van der Waals surface area (Å²) in [6.45, 7) is 6.68. The molecule has 1 aromatic rings. The van der Waals surface area contributed by atoms with E-state index in [1.807, 2.05) is 11.8 Å². The maximum Gasteiger partial charge on any atom is 0.253 e. The minimum Gasteiger partial charge on any atom is -0.336 e. The van der Waals surface area contributed by atoms with Gasteiger partial charge in [0.25, 0.3) is 5.91 Å². The zero-order chi connectivity index (χ0) is 18.9. The van der Waals surface area contributed by atoms with Gasteiger partial charge in [-0.25, -0.2) is 13.6 Å². The molecule has 0 radical (unpaired) electrons. The van der Waals surface area contributed by atoms with E-state index >= 15 is 0 Å². The minimum absolute atomic E-state index is 0.0432. The molecule has 2 N–H and O–H groups in total. The monoisotopic (exact) mass is 379 g/mol. The van der Waals surface area contributed by atoms with Crippen LogP contribution in [0.5, 0.6) is 0 Å². The first-order valence-corrected chi connectivity index (χ1v) is 11.0. The van der Waals surface area contributed by atoms with E-state index in [-0.39, 0.29) is 10.8 Å². The number of aryl methyl sites for hydroxylation is 1. The molecule has 144 valence electrons. The van der Waals surface area contributed by atoms with Crippen LogP contribution in [-0.4, -0.2) is 56.3 Å². The van der Waals surface area contributed by atoms with Crippen molar-refractivity contribution in [1.29, 1.82) is 0 Å². The predicted octanol–water partition coefficient (Wildman–Crippen LogP) is 2.04. The zero-order valence-electron chi connectivity index (χ0n) is 15.7. The molecule has 0 unspecified atom stereocenters. The second kappa shape index (κ2) is 7.66. The number of primary sulfonamides is 1. The van der Waals surface area contributed by atoms with Crippen molar-refractivity contribution in [2.75, 3.05) is 26.2 Å². The van der Waals surface area contributed by atoms with Gasteiger partial charge in [-0.1, -0.05) is 19.3 Å². The van der Waals surface area contributed by atoms with E-state index in [0.29, 0.717) is 30.3 Å². The molecule has 2 aliphatic rings. The molecule has 1 aliphatic carbocycles. The number of amides is 1. The molecular weight excluding hydrogens is 350 g/mol. The third-order valence-electron chi connectivity index (χ3n) is 5.87. The van der Waals surface area contributed by atoms with Crippen molar-refractivity contribution < 1.29 is 13.2 Å². The lowest BCUT2D eigenvalue weighted by Crippen LogP contribution is -2.52. The minimum atomic E-state index is -3.85. The number of rotatable bonds is 3. The Kier molecular flexibility index (Phi) is 5.69. The molecule has 0 atom stereocenters. The van der Waals surface area contributed by atoms with Gasteiger partial charge in [0.2, 0.25) is 10.0 Å². The number of nitrogens with two attached hydrogens (primary N) is 1. The molecule has 1 aromatic carbocycles. The van der Waals surface area contributed by atoms with Crippen LogP contribution >= 0.6 is 0 Å². The molecule has 26 heavy (non-hydrogen) atoms. The summed E-state index contributed by atoms with van der Waals surface area (Å²) in [5.41, 5.74) is 1.77. The van der Waals surface area contributed by atoms with Crippen molar-refractivity contribution >= 4 is 15.9 Å². The summed E-state index contributed by atoms with van der Waals surface area (Å²) in [4.78, 5) is 17.3. The second-order valence-electron chi connectivity index (χ2n) is 7.58. The van der Waals surface area contributed by atoms with Crippen LogP contribution < -0.4 is 5.14 Å². The Morgan fingerprint density at radius 1 is 1.04 bits per heavy atom. The van der Waals surface area contributed by atoms with E-state index in [1.54, 1.807) is 13.0 Å². The number of carbonyl (C=O) groups excluding carboxylic acids is 1. The third-order valence-corrected chi connectivity index (χ3v) is 6.90. The van der Waals surface area contributed by atoms with Gasteiger partial charge in [0, 0.05) is 37.8 Å². The van der Waals surface area contributed by atoms with Crippen LogP contribution in [0.4, 0.5) is 0 Å². The lowest BCUT2D eigenvalue weighted by Gasteiger charge is -2.40. The molecule has 3 rings (SSSR count). The van der Waals surface area contributed by atoms with Crippen LogP contribution in [0.1, 0.15) is 53.6 Å². The van der Waals surface area contributed by atoms with Crippen LogP contribution in [-0.2, 0) is 10.0 Å². The molecule has 2 fully saturated rings. The Bertz CT molecular complexity index is 777. The van der Waals surface area contributed by atoms with Crippen LogP contribution in [0.3, 0.4) is 0 Å². The summed E-state index contributed by atoms with van der Waals surface area (Å²) in [5, 5.41) is 5.32. The number of hydrogen-bond donors (Lipinski definition) is 1. The molecule has 1 heterocycles. The zero-order valence-corrected chi connectivity index (χ0v) is 16.5. The maximum absolute atomic E-state index is 12.9. The fourth-order valence-electron chi connectivity index (χ4n) is 4.16. The van der Waals surface area contributed by atoms with E-state index in [4.69, 9.17) is 5.14 Å². The molecule has 1 saturated carbocycles. The number of piperazine rings is 1. The van der Waals surface area contributed by atoms with Gasteiger partial charge >= 0.3 is 0 Å². The van der Waals surface area contributed by atoms with Gasteiger partial charge in [0.05, 0.1) is 4.90 Å².